The summed E-state index contributed by atoms with van der Waals surface area (Å²) in [7, 11) is 1.80. The summed E-state index contributed by atoms with van der Waals surface area (Å²) in [4.78, 5) is 1.75. The Hall–Kier alpha value is -0.450. The van der Waals surface area contributed by atoms with Crippen LogP contribution in [-0.2, 0) is 0 Å². The third-order valence-electron chi connectivity index (χ3n) is 2.74. The highest BCUT2D eigenvalue weighted by molar-refractivity contribution is 7.80. The standard InChI is InChI=1S/C9H16F2N2S/c1-13(8(12)14)6-7-2-4-9(10,11)5-3-7/h7H,2-6H2,1H3,(H2,12,14). The van der Waals surface area contributed by atoms with Crippen LogP contribution < -0.4 is 5.73 Å². The third-order valence-corrected chi connectivity index (χ3v) is 3.06. The van der Waals surface area contributed by atoms with Crippen LogP contribution in [0.4, 0.5) is 8.78 Å². The van der Waals surface area contributed by atoms with E-state index >= 15 is 0 Å². The smallest absolute Gasteiger partial charge is 0.248 e. The number of halogens is 2. The van der Waals surface area contributed by atoms with Crippen molar-refractivity contribution in [2.24, 2.45) is 11.7 Å². The van der Waals surface area contributed by atoms with Gasteiger partial charge in [0.2, 0.25) is 5.92 Å². The molecule has 0 saturated heterocycles. The van der Waals surface area contributed by atoms with E-state index in [-0.39, 0.29) is 12.8 Å². The molecule has 5 heteroatoms. The first-order valence-electron chi connectivity index (χ1n) is 4.79. The van der Waals surface area contributed by atoms with Gasteiger partial charge in [-0.15, -0.1) is 0 Å². The molecule has 0 aromatic heterocycles. The summed E-state index contributed by atoms with van der Waals surface area (Å²) in [5, 5.41) is 0.335. The minimum Gasteiger partial charge on any atom is -0.376 e. The van der Waals surface area contributed by atoms with Crippen molar-refractivity contribution >= 4 is 17.3 Å². The summed E-state index contributed by atoms with van der Waals surface area (Å²) in [6.45, 7) is 0.700. The lowest BCUT2D eigenvalue weighted by Gasteiger charge is -2.31. The Morgan fingerprint density at radius 3 is 2.43 bits per heavy atom. The van der Waals surface area contributed by atoms with Crippen molar-refractivity contribution in [3.63, 3.8) is 0 Å². The molecule has 14 heavy (non-hydrogen) atoms. The van der Waals surface area contributed by atoms with Crippen LogP contribution in [0, 0.1) is 5.92 Å². The molecule has 0 bridgehead atoms. The molecule has 0 atom stereocenters. The molecule has 0 spiro atoms. The molecule has 0 unspecified atom stereocenters. The van der Waals surface area contributed by atoms with E-state index in [4.69, 9.17) is 18.0 Å². The second kappa shape index (κ2) is 4.38. The highest BCUT2D eigenvalue weighted by Crippen LogP contribution is 2.36. The SMILES string of the molecule is CN(CC1CCC(F)(F)CC1)C(N)=S. The first-order valence-corrected chi connectivity index (χ1v) is 5.20. The van der Waals surface area contributed by atoms with Gasteiger partial charge in [0.1, 0.15) is 0 Å². The van der Waals surface area contributed by atoms with E-state index in [9.17, 15) is 8.78 Å². The normalized spacial score (nSPS) is 21.9. The van der Waals surface area contributed by atoms with Gasteiger partial charge in [-0.2, -0.15) is 0 Å². The molecule has 0 aromatic carbocycles. The van der Waals surface area contributed by atoms with Gasteiger partial charge >= 0.3 is 0 Å². The summed E-state index contributed by atoms with van der Waals surface area (Å²) in [5.41, 5.74) is 5.42. The summed E-state index contributed by atoms with van der Waals surface area (Å²) in [6, 6.07) is 0. The number of nitrogens with two attached hydrogens (primary N) is 1. The Bertz CT molecular complexity index is 211. The third kappa shape index (κ3) is 3.36. The topological polar surface area (TPSA) is 29.3 Å². The van der Waals surface area contributed by atoms with Crippen LogP contribution >= 0.6 is 12.2 Å². The van der Waals surface area contributed by atoms with Gasteiger partial charge in [-0.25, -0.2) is 8.78 Å². The summed E-state index contributed by atoms with van der Waals surface area (Å²) in [6.07, 6.45) is 1.14. The molecule has 2 N–H and O–H groups in total. The molecule has 2 nitrogen and oxygen atoms in total. The van der Waals surface area contributed by atoms with E-state index in [2.05, 4.69) is 0 Å². The van der Waals surface area contributed by atoms with Gasteiger partial charge in [-0.1, -0.05) is 0 Å². The molecule has 0 aliphatic heterocycles. The number of thiocarbonyl (C=S) groups is 1. The fraction of sp³-hybridized carbons (Fsp3) is 0.889. The van der Waals surface area contributed by atoms with E-state index in [1.807, 2.05) is 0 Å². The Labute approximate surface area is 88.4 Å². The Morgan fingerprint density at radius 1 is 1.50 bits per heavy atom. The second-order valence-electron chi connectivity index (χ2n) is 4.02. The van der Waals surface area contributed by atoms with Gasteiger partial charge in [0.25, 0.3) is 0 Å². The fourth-order valence-corrected chi connectivity index (χ4v) is 1.83. The lowest BCUT2D eigenvalue weighted by molar-refractivity contribution is -0.0469. The van der Waals surface area contributed by atoms with E-state index in [1.165, 1.54) is 0 Å². The van der Waals surface area contributed by atoms with Crippen LogP contribution in [0.1, 0.15) is 25.7 Å². The maximum Gasteiger partial charge on any atom is 0.248 e. The van der Waals surface area contributed by atoms with Crippen LogP contribution in [0.3, 0.4) is 0 Å². The van der Waals surface area contributed by atoms with Crippen molar-refractivity contribution in [3.05, 3.63) is 0 Å². The molecule has 1 saturated carbocycles. The zero-order chi connectivity index (χ0) is 10.8. The maximum absolute atomic E-state index is 12.8. The zero-order valence-corrected chi connectivity index (χ0v) is 9.12. The summed E-state index contributed by atoms with van der Waals surface area (Å²) >= 11 is 4.79. The molecule has 1 rings (SSSR count). The van der Waals surface area contributed by atoms with Gasteiger partial charge in [-0.05, 0) is 31.0 Å². The number of alkyl halides is 2. The van der Waals surface area contributed by atoms with Crippen molar-refractivity contribution in [2.75, 3.05) is 13.6 Å². The van der Waals surface area contributed by atoms with Crippen molar-refractivity contribution in [1.29, 1.82) is 0 Å². The van der Waals surface area contributed by atoms with Crippen LogP contribution in [0.5, 0.6) is 0 Å². The summed E-state index contributed by atoms with van der Waals surface area (Å²) in [5.74, 6) is -2.14. The average Bonchev–Trinajstić information content (AvgIpc) is 2.08. The fourth-order valence-electron chi connectivity index (χ4n) is 1.76. The first kappa shape index (κ1) is 11.6. The van der Waals surface area contributed by atoms with Gasteiger partial charge in [0, 0.05) is 26.4 Å². The molecule has 1 fully saturated rings. The number of hydrogen-bond acceptors (Lipinski definition) is 1. The highest BCUT2D eigenvalue weighted by Gasteiger charge is 2.35. The van der Waals surface area contributed by atoms with E-state index in [0.717, 1.165) is 0 Å². The molecular formula is C9H16F2N2S. The molecule has 0 heterocycles. The van der Waals surface area contributed by atoms with Crippen molar-refractivity contribution in [3.8, 4) is 0 Å². The molecular weight excluding hydrogens is 206 g/mol. The maximum atomic E-state index is 12.8. The number of nitrogens with zero attached hydrogens (tertiary/aromatic N) is 1. The predicted octanol–water partition coefficient (Wildman–Crippen LogP) is 1.99. The van der Waals surface area contributed by atoms with E-state index in [1.54, 1.807) is 11.9 Å². The second-order valence-corrected chi connectivity index (χ2v) is 4.44. The quantitative estimate of drug-likeness (QED) is 0.724. The Kier molecular flexibility index (Phi) is 3.64. The van der Waals surface area contributed by atoms with E-state index in [0.29, 0.717) is 30.4 Å². The average molecular weight is 222 g/mol. The van der Waals surface area contributed by atoms with Crippen molar-refractivity contribution < 1.29 is 8.78 Å². The minimum absolute atomic E-state index is 0.00282. The molecule has 0 amide bonds. The van der Waals surface area contributed by atoms with Crippen LogP contribution in [-0.4, -0.2) is 29.5 Å². The van der Waals surface area contributed by atoms with Gasteiger partial charge < -0.3 is 10.6 Å². The molecule has 0 aromatic rings. The molecule has 0 radical (unpaired) electrons. The van der Waals surface area contributed by atoms with Crippen LogP contribution in [0.15, 0.2) is 0 Å². The molecule has 1 aliphatic rings. The minimum atomic E-state index is -2.45. The van der Waals surface area contributed by atoms with Crippen molar-refractivity contribution in [2.45, 2.75) is 31.6 Å². The Balaban J connectivity index is 2.32. The number of rotatable bonds is 2. The lowest BCUT2D eigenvalue weighted by Crippen LogP contribution is -2.38. The van der Waals surface area contributed by atoms with Crippen LogP contribution in [0.25, 0.3) is 0 Å². The number of hydrogen-bond donors (Lipinski definition) is 1. The largest absolute Gasteiger partial charge is 0.376 e. The van der Waals surface area contributed by atoms with Gasteiger partial charge in [0.15, 0.2) is 5.11 Å². The molecule has 1 aliphatic carbocycles. The molecule has 82 valence electrons. The first-order chi connectivity index (χ1) is 6.41. The van der Waals surface area contributed by atoms with Gasteiger partial charge in [0.05, 0.1) is 0 Å². The highest BCUT2D eigenvalue weighted by atomic mass is 32.1. The summed E-state index contributed by atoms with van der Waals surface area (Å²) < 4.78 is 25.6. The lowest BCUT2D eigenvalue weighted by atomic mass is 9.86. The van der Waals surface area contributed by atoms with E-state index < -0.39 is 5.92 Å². The predicted molar refractivity (Wildman–Crippen MR) is 56.3 cm³/mol. The van der Waals surface area contributed by atoms with Crippen LogP contribution in [0.2, 0.25) is 0 Å². The van der Waals surface area contributed by atoms with Crippen molar-refractivity contribution in [1.82, 2.24) is 4.90 Å². The van der Waals surface area contributed by atoms with Gasteiger partial charge in [-0.3, -0.25) is 0 Å². The Morgan fingerprint density at radius 2 is 2.00 bits per heavy atom. The zero-order valence-electron chi connectivity index (χ0n) is 8.30. The monoisotopic (exact) mass is 222 g/mol.